The largest absolute Gasteiger partial charge is 0.493 e. The average Bonchev–Trinajstić information content (AvgIpc) is 2.78. The summed E-state index contributed by atoms with van der Waals surface area (Å²) < 4.78 is 52.4. The second kappa shape index (κ2) is 12.0. The Morgan fingerprint density at radius 2 is 1.70 bits per heavy atom. The quantitative estimate of drug-likeness (QED) is 0.491. The van der Waals surface area contributed by atoms with E-state index in [1.165, 1.54) is 38.3 Å². The van der Waals surface area contributed by atoms with Crippen LogP contribution < -0.4 is 20.1 Å². The highest BCUT2D eigenvalue weighted by atomic mass is 32.2. The van der Waals surface area contributed by atoms with Crippen LogP contribution in [-0.4, -0.2) is 49.6 Å². The summed E-state index contributed by atoms with van der Waals surface area (Å²) in [6.07, 6.45) is 0. The molecule has 0 saturated carbocycles. The Bertz CT molecular complexity index is 1000. The van der Waals surface area contributed by atoms with Crippen LogP contribution in [0.15, 0.2) is 36.4 Å². The summed E-state index contributed by atoms with van der Waals surface area (Å²) in [6.45, 7) is -1.65. The molecule has 0 saturated heterocycles. The molecule has 2 amide bonds. The van der Waals surface area contributed by atoms with Crippen molar-refractivity contribution in [3.05, 3.63) is 47.8 Å². The van der Waals surface area contributed by atoms with Crippen LogP contribution in [-0.2, 0) is 14.3 Å². The van der Waals surface area contributed by atoms with Crippen molar-refractivity contribution in [2.45, 2.75) is 18.8 Å². The highest BCUT2D eigenvalue weighted by molar-refractivity contribution is 8.01. The van der Waals surface area contributed by atoms with Crippen molar-refractivity contribution >= 4 is 40.9 Å². The molecule has 0 aliphatic carbocycles. The number of alkyl halides is 2. The van der Waals surface area contributed by atoms with Gasteiger partial charge in [-0.2, -0.15) is 8.78 Å². The summed E-state index contributed by atoms with van der Waals surface area (Å²) in [6, 6.07) is 7.30. The van der Waals surface area contributed by atoms with E-state index >= 15 is 0 Å². The van der Waals surface area contributed by atoms with Crippen molar-refractivity contribution in [2.75, 3.05) is 30.6 Å². The van der Waals surface area contributed by atoms with E-state index in [2.05, 4.69) is 20.1 Å². The second-order valence-electron chi connectivity index (χ2n) is 6.42. The zero-order valence-corrected chi connectivity index (χ0v) is 18.6. The fraction of sp³-hybridized carbons (Fsp3) is 0.286. The van der Waals surface area contributed by atoms with Crippen LogP contribution in [0.1, 0.15) is 17.3 Å². The Labute approximate surface area is 191 Å². The summed E-state index contributed by atoms with van der Waals surface area (Å²) in [5.74, 6) is -2.96. The monoisotopic (exact) mass is 486 g/mol. The Morgan fingerprint density at radius 3 is 2.27 bits per heavy atom. The number of anilines is 2. The fourth-order valence-electron chi connectivity index (χ4n) is 2.53. The van der Waals surface area contributed by atoms with Crippen molar-refractivity contribution in [3.8, 4) is 11.5 Å². The van der Waals surface area contributed by atoms with Gasteiger partial charge in [0.25, 0.3) is 0 Å². The number of rotatable bonds is 10. The van der Waals surface area contributed by atoms with Gasteiger partial charge in [0.15, 0.2) is 11.5 Å². The lowest BCUT2D eigenvalue weighted by Crippen LogP contribution is -2.26. The Kier molecular flexibility index (Phi) is 9.40. The maximum Gasteiger partial charge on any atom is 0.387 e. The van der Waals surface area contributed by atoms with Gasteiger partial charge in [-0.25, -0.2) is 9.18 Å². The van der Waals surface area contributed by atoms with Crippen LogP contribution in [0, 0.1) is 5.82 Å². The lowest BCUT2D eigenvalue weighted by atomic mass is 10.1. The van der Waals surface area contributed by atoms with Crippen LogP contribution in [0.4, 0.5) is 24.5 Å². The molecule has 2 aromatic carbocycles. The van der Waals surface area contributed by atoms with Gasteiger partial charge in [0, 0.05) is 17.8 Å². The van der Waals surface area contributed by atoms with Crippen molar-refractivity contribution in [1.82, 2.24) is 0 Å². The number of esters is 1. The van der Waals surface area contributed by atoms with E-state index in [0.717, 1.165) is 31.0 Å². The van der Waals surface area contributed by atoms with Gasteiger partial charge in [-0.1, -0.05) is 0 Å². The van der Waals surface area contributed by atoms with E-state index in [0.29, 0.717) is 5.69 Å². The molecular weight excluding hydrogens is 465 g/mol. The maximum atomic E-state index is 12.9. The third-order valence-electron chi connectivity index (χ3n) is 4.14. The third-order valence-corrected chi connectivity index (χ3v) is 5.29. The van der Waals surface area contributed by atoms with Gasteiger partial charge in [-0.05, 0) is 31.2 Å². The van der Waals surface area contributed by atoms with Crippen LogP contribution in [0.3, 0.4) is 0 Å². The molecule has 12 heteroatoms. The zero-order valence-electron chi connectivity index (χ0n) is 17.8. The van der Waals surface area contributed by atoms with Crippen molar-refractivity contribution in [3.63, 3.8) is 0 Å². The van der Waals surface area contributed by atoms with Crippen molar-refractivity contribution in [2.24, 2.45) is 0 Å². The first kappa shape index (κ1) is 25.8. The zero-order chi connectivity index (χ0) is 24.5. The molecule has 2 aromatic rings. The molecule has 1 atom stereocenters. The Hall–Kier alpha value is -3.41. The third kappa shape index (κ3) is 7.59. The van der Waals surface area contributed by atoms with Crippen LogP contribution in [0.2, 0.25) is 0 Å². The maximum absolute atomic E-state index is 12.9. The van der Waals surface area contributed by atoms with E-state index in [1.807, 2.05) is 0 Å². The number of carbonyl (C=O) groups excluding carboxylic acids is 3. The van der Waals surface area contributed by atoms with Crippen molar-refractivity contribution in [1.29, 1.82) is 0 Å². The summed E-state index contributed by atoms with van der Waals surface area (Å²) >= 11 is 0.986. The van der Waals surface area contributed by atoms with E-state index in [9.17, 15) is 27.6 Å². The molecule has 0 bridgehead atoms. The molecule has 1 unspecified atom stereocenters. The molecule has 0 radical (unpaired) electrons. The van der Waals surface area contributed by atoms with E-state index < -0.39 is 41.2 Å². The number of halogens is 3. The molecule has 2 N–H and O–H groups in total. The SMILES string of the molecule is COC(=O)c1cc(OC)c(OC(F)F)cc1NC(=O)C(C)SCC(=O)Nc1ccc(F)cc1. The minimum Gasteiger partial charge on any atom is -0.493 e. The predicted molar refractivity (Wildman–Crippen MR) is 117 cm³/mol. The molecule has 0 aliphatic heterocycles. The number of thioether (sulfide) groups is 1. The van der Waals surface area contributed by atoms with Gasteiger partial charge in [-0.3, -0.25) is 9.59 Å². The van der Waals surface area contributed by atoms with Crippen LogP contribution in [0.5, 0.6) is 11.5 Å². The fourth-order valence-corrected chi connectivity index (χ4v) is 3.21. The van der Waals surface area contributed by atoms with Gasteiger partial charge in [0.2, 0.25) is 11.8 Å². The van der Waals surface area contributed by atoms with E-state index in [4.69, 9.17) is 4.74 Å². The first-order valence-corrected chi connectivity index (χ1v) is 10.4. The molecule has 33 heavy (non-hydrogen) atoms. The predicted octanol–water partition coefficient (Wildman–Crippen LogP) is 3.92. The van der Waals surface area contributed by atoms with Gasteiger partial charge >= 0.3 is 12.6 Å². The molecule has 0 aromatic heterocycles. The number of benzene rings is 2. The topological polar surface area (TPSA) is 103 Å². The molecule has 0 fully saturated rings. The summed E-state index contributed by atoms with van der Waals surface area (Å²) in [4.78, 5) is 36.8. The van der Waals surface area contributed by atoms with Crippen LogP contribution >= 0.6 is 11.8 Å². The minimum atomic E-state index is -3.17. The molecule has 178 valence electrons. The molecule has 0 aliphatic rings. The molecular formula is C21H21F3N2O6S. The lowest BCUT2D eigenvalue weighted by Gasteiger charge is -2.17. The van der Waals surface area contributed by atoms with Gasteiger partial charge in [0.1, 0.15) is 5.82 Å². The number of hydrogen-bond acceptors (Lipinski definition) is 7. The first-order chi connectivity index (χ1) is 15.6. The first-order valence-electron chi connectivity index (χ1n) is 9.37. The number of carbonyl (C=O) groups is 3. The standard InChI is InChI=1S/C21H21F3N2O6S/c1-11(33-10-18(27)25-13-6-4-12(22)5-7-13)19(28)26-15-9-17(32-21(23)24)16(30-2)8-14(15)20(29)31-3/h4-9,11,21H,10H2,1-3H3,(H,25,27)(H,26,28). The average molecular weight is 486 g/mol. The molecule has 0 spiro atoms. The Morgan fingerprint density at radius 1 is 1.03 bits per heavy atom. The number of nitrogens with one attached hydrogen (secondary N) is 2. The van der Waals surface area contributed by atoms with Gasteiger partial charge < -0.3 is 24.8 Å². The Balaban J connectivity index is 2.09. The summed E-state index contributed by atoms with van der Waals surface area (Å²) in [7, 11) is 2.31. The van der Waals surface area contributed by atoms with E-state index in [1.54, 1.807) is 0 Å². The van der Waals surface area contributed by atoms with Gasteiger partial charge in [-0.15, -0.1) is 11.8 Å². The van der Waals surface area contributed by atoms with Crippen molar-refractivity contribution < 1.29 is 41.8 Å². The molecule has 0 heterocycles. The molecule has 8 nitrogen and oxygen atoms in total. The van der Waals surface area contributed by atoms with Gasteiger partial charge in [0.05, 0.1) is 36.5 Å². The second-order valence-corrected chi connectivity index (χ2v) is 7.75. The smallest absolute Gasteiger partial charge is 0.387 e. The highest BCUT2D eigenvalue weighted by Crippen LogP contribution is 2.35. The normalized spacial score (nSPS) is 11.5. The number of amides is 2. The lowest BCUT2D eigenvalue weighted by molar-refractivity contribution is -0.115. The van der Waals surface area contributed by atoms with E-state index in [-0.39, 0.29) is 22.8 Å². The molecule has 2 rings (SSSR count). The summed E-state index contributed by atoms with van der Waals surface area (Å²) in [5, 5.41) is 4.25. The minimum absolute atomic E-state index is 0.0990. The number of ether oxygens (including phenoxy) is 3. The highest BCUT2D eigenvalue weighted by Gasteiger charge is 2.23. The number of hydrogen-bond donors (Lipinski definition) is 2. The van der Waals surface area contributed by atoms with Crippen LogP contribution in [0.25, 0.3) is 0 Å². The summed E-state index contributed by atoms with van der Waals surface area (Å²) in [5.41, 5.74) is 0.119. The number of methoxy groups -OCH3 is 2.